The molecule has 2 atom stereocenters. The number of hydrogen-bond acceptors (Lipinski definition) is 3. The Balaban J connectivity index is 1.53. The number of carbonyl (C=O) groups is 1. The summed E-state index contributed by atoms with van der Waals surface area (Å²) >= 11 is 0. The average Bonchev–Trinajstić information content (AvgIpc) is 3.50. The maximum absolute atomic E-state index is 14.3. The van der Waals surface area contributed by atoms with E-state index in [1.807, 2.05) is 44.2 Å². The van der Waals surface area contributed by atoms with Gasteiger partial charge in [-0.2, -0.15) is 26.3 Å². The van der Waals surface area contributed by atoms with E-state index in [0.29, 0.717) is 42.2 Å². The minimum Gasteiger partial charge on any atom is -0.489 e. The molecule has 4 aromatic carbocycles. The van der Waals surface area contributed by atoms with Crippen molar-refractivity contribution in [1.29, 1.82) is 0 Å². The molecule has 4 aromatic rings. The van der Waals surface area contributed by atoms with Crippen LogP contribution in [0.4, 0.5) is 30.7 Å². The second kappa shape index (κ2) is 14.4. The highest BCUT2D eigenvalue weighted by molar-refractivity contribution is 5.85. The molecule has 0 saturated carbocycles. The molecule has 11 heteroatoms. The van der Waals surface area contributed by atoms with Crippen molar-refractivity contribution >= 4 is 5.91 Å². The van der Waals surface area contributed by atoms with Crippen LogP contribution in [0.1, 0.15) is 54.0 Å². The summed E-state index contributed by atoms with van der Waals surface area (Å²) in [6.07, 6.45) is -8.42. The molecular formula is C37H34F7NO3. The van der Waals surface area contributed by atoms with Crippen LogP contribution in [0.2, 0.25) is 0 Å². The number of benzene rings is 4. The molecule has 0 radical (unpaired) electrons. The van der Waals surface area contributed by atoms with Gasteiger partial charge in [0.25, 0.3) is 0 Å². The molecule has 0 bridgehead atoms. The van der Waals surface area contributed by atoms with E-state index in [0.717, 1.165) is 29.8 Å². The first kappa shape index (κ1) is 34.9. The van der Waals surface area contributed by atoms with Crippen molar-refractivity contribution in [2.24, 2.45) is 5.92 Å². The predicted molar refractivity (Wildman–Crippen MR) is 166 cm³/mol. The molecule has 1 aliphatic heterocycles. The van der Waals surface area contributed by atoms with Gasteiger partial charge in [-0.3, -0.25) is 4.79 Å². The number of amides is 1. The van der Waals surface area contributed by atoms with Crippen LogP contribution in [0.15, 0.2) is 91.0 Å². The van der Waals surface area contributed by atoms with Gasteiger partial charge in [0.2, 0.25) is 5.91 Å². The van der Waals surface area contributed by atoms with Gasteiger partial charge in [0.15, 0.2) is 0 Å². The zero-order valence-corrected chi connectivity index (χ0v) is 26.2. The number of alkyl halides is 6. The number of hydrogen-bond donors (Lipinski definition) is 0. The van der Waals surface area contributed by atoms with E-state index >= 15 is 0 Å². The minimum absolute atomic E-state index is 0.0442. The van der Waals surface area contributed by atoms with Gasteiger partial charge in [0, 0.05) is 5.56 Å². The Kier molecular flexibility index (Phi) is 10.5. The van der Waals surface area contributed by atoms with Crippen LogP contribution in [0.25, 0.3) is 11.1 Å². The second-order valence-corrected chi connectivity index (χ2v) is 12.3. The van der Waals surface area contributed by atoms with Crippen LogP contribution >= 0.6 is 0 Å². The van der Waals surface area contributed by atoms with Gasteiger partial charge >= 0.3 is 12.4 Å². The predicted octanol–water partition coefficient (Wildman–Crippen LogP) is 9.67. The number of rotatable bonds is 10. The van der Waals surface area contributed by atoms with Crippen LogP contribution < -0.4 is 4.74 Å². The van der Waals surface area contributed by atoms with E-state index < -0.39 is 41.8 Å². The Labute approximate surface area is 274 Å². The monoisotopic (exact) mass is 673 g/mol. The first-order chi connectivity index (χ1) is 22.7. The van der Waals surface area contributed by atoms with Gasteiger partial charge in [-0.1, -0.05) is 68.4 Å². The molecule has 1 fully saturated rings. The molecule has 254 valence electrons. The molecule has 1 amide bonds. The molecule has 2 unspecified atom stereocenters. The van der Waals surface area contributed by atoms with Crippen molar-refractivity contribution in [2.45, 2.75) is 57.6 Å². The molecule has 0 spiro atoms. The summed E-state index contributed by atoms with van der Waals surface area (Å²) in [5, 5.41) is 0. The van der Waals surface area contributed by atoms with Crippen LogP contribution in [-0.4, -0.2) is 30.2 Å². The van der Waals surface area contributed by atoms with E-state index in [9.17, 15) is 35.5 Å². The quantitative estimate of drug-likeness (QED) is 0.158. The first-order valence-corrected chi connectivity index (χ1v) is 15.4. The highest BCUT2D eigenvalue weighted by Crippen LogP contribution is 2.38. The summed E-state index contributed by atoms with van der Waals surface area (Å²) in [5.41, 5.74) is -0.0275. The third kappa shape index (κ3) is 8.55. The molecule has 0 aliphatic carbocycles. The summed E-state index contributed by atoms with van der Waals surface area (Å²) in [6.45, 7) is 3.75. The number of halogens is 7. The van der Waals surface area contributed by atoms with Crippen molar-refractivity contribution in [3.8, 4) is 16.9 Å². The van der Waals surface area contributed by atoms with Crippen LogP contribution in [0.5, 0.6) is 5.75 Å². The summed E-state index contributed by atoms with van der Waals surface area (Å²) in [6, 6.07) is 20.9. The highest BCUT2D eigenvalue weighted by Gasteiger charge is 2.36. The van der Waals surface area contributed by atoms with Gasteiger partial charge in [-0.05, 0) is 77.4 Å². The largest absolute Gasteiger partial charge is 0.489 e. The Morgan fingerprint density at radius 2 is 1.58 bits per heavy atom. The summed E-state index contributed by atoms with van der Waals surface area (Å²) in [5.74, 6) is -1.85. The smallest absolute Gasteiger partial charge is 0.416 e. The Bertz CT molecular complexity index is 1700. The van der Waals surface area contributed by atoms with Crippen LogP contribution in [-0.2, 0) is 34.9 Å². The highest BCUT2D eigenvalue weighted by atomic mass is 19.4. The van der Waals surface area contributed by atoms with Crippen molar-refractivity contribution in [3.63, 3.8) is 0 Å². The fourth-order valence-electron chi connectivity index (χ4n) is 5.86. The van der Waals surface area contributed by atoms with E-state index in [2.05, 4.69) is 0 Å². The van der Waals surface area contributed by atoms with Crippen molar-refractivity contribution in [1.82, 2.24) is 4.90 Å². The fourth-order valence-corrected chi connectivity index (χ4v) is 5.86. The molecule has 0 N–H and O–H groups in total. The third-order valence-corrected chi connectivity index (χ3v) is 8.23. The minimum atomic E-state index is -4.84. The van der Waals surface area contributed by atoms with Crippen molar-refractivity contribution in [3.05, 3.63) is 125 Å². The van der Waals surface area contributed by atoms with Crippen LogP contribution in [0.3, 0.4) is 0 Å². The van der Waals surface area contributed by atoms with Gasteiger partial charge in [-0.25, -0.2) is 4.39 Å². The first-order valence-electron chi connectivity index (χ1n) is 15.4. The maximum Gasteiger partial charge on any atom is 0.416 e. The van der Waals surface area contributed by atoms with Gasteiger partial charge in [0.05, 0.1) is 29.7 Å². The lowest BCUT2D eigenvalue weighted by atomic mass is 9.86. The van der Waals surface area contributed by atoms with Gasteiger partial charge in [-0.15, -0.1) is 0 Å². The zero-order chi connectivity index (χ0) is 34.6. The van der Waals surface area contributed by atoms with E-state index in [1.54, 1.807) is 17.0 Å². The molecule has 5 rings (SSSR count). The summed E-state index contributed by atoms with van der Waals surface area (Å²) in [4.78, 5) is 16.0. The van der Waals surface area contributed by atoms with Gasteiger partial charge in [0.1, 0.15) is 24.9 Å². The second-order valence-electron chi connectivity index (χ2n) is 12.3. The lowest BCUT2D eigenvalue weighted by Crippen LogP contribution is -2.41. The van der Waals surface area contributed by atoms with E-state index in [1.165, 1.54) is 18.2 Å². The fraction of sp³-hybridized carbons (Fsp3) is 0.324. The molecule has 1 saturated heterocycles. The van der Waals surface area contributed by atoms with Gasteiger partial charge < -0.3 is 14.4 Å². The molecule has 0 aromatic heterocycles. The topological polar surface area (TPSA) is 38.8 Å². The molecule has 1 aliphatic rings. The summed E-state index contributed by atoms with van der Waals surface area (Å²) < 4.78 is 106. The number of nitrogens with zero attached hydrogens (tertiary/aromatic N) is 1. The Morgan fingerprint density at radius 1 is 0.875 bits per heavy atom. The van der Waals surface area contributed by atoms with Crippen molar-refractivity contribution in [2.75, 3.05) is 13.3 Å². The van der Waals surface area contributed by atoms with E-state index in [4.69, 9.17) is 9.47 Å². The molecule has 48 heavy (non-hydrogen) atoms. The lowest BCUT2D eigenvalue weighted by molar-refractivity contribution is -0.139. The Hall–Kier alpha value is -4.38. The molecule has 1 heterocycles. The van der Waals surface area contributed by atoms with Crippen molar-refractivity contribution < 1.29 is 45.0 Å². The average molecular weight is 674 g/mol. The third-order valence-electron chi connectivity index (χ3n) is 8.23. The van der Waals surface area contributed by atoms with E-state index in [-0.39, 0.29) is 35.9 Å². The van der Waals surface area contributed by atoms with Crippen LogP contribution in [0, 0.1) is 11.7 Å². The maximum atomic E-state index is 14.3. The Morgan fingerprint density at radius 3 is 2.23 bits per heavy atom. The standard InChI is InChI=1S/C37H34F7NO3/c1-23(2)14-33(35(46)45-22-47-21-31(45)15-24-6-4-3-5-7-24)28-16-27(25-8-11-29(12-9-25)36(39,40)41)17-32(18-28)48-20-26-10-13-30(38)19-34(26)37(42,43)44/h3-13,16-19,23,31,33H,14-15,20-22H2,1-2H3. The molecule has 4 nitrogen and oxygen atoms in total. The lowest BCUT2D eigenvalue weighted by Gasteiger charge is -2.29. The summed E-state index contributed by atoms with van der Waals surface area (Å²) in [7, 11) is 0. The SMILES string of the molecule is CC(C)CC(C(=O)N1COCC1Cc1ccccc1)c1cc(OCc2ccc(F)cc2C(F)(F)F)cc(-c2ccc(C(F)(F)F)cc2)c1. The number of ether oxygens (including phenoxy) is 2. The number of carbonyl (C=O) groups excluding carboxylic acids is 1. The normalized spacial score (nSPS) is 16.0. The zero-order valence-electron chi connectivity index (χ0n) is 26.2. The molecular weight excluding hydrogens is 639 g/mol.